The Bertz CT molecular complexity index is 669. The number of likely N-dealkylation sites (N-methyl/N-ethyl adjacent to an activating group) is 1. The summed E-state index contributed by atoms with van der Waals surface area (Å²) in [5.41, 5.74) is -1.16. The second-order valence-electron chi connectivity index (χ2n) is 6.69. The van der Waals surface area contributed by atoms with Gasteiger partial charge in [-0.1, -0.05) is 11.6 Å². The Morgan fingerprint density at radius 2 is 2.08 bits per heavy atom. The highest BCUT2D eigenvalue weighted by Gasteiger charge is 2.43. The summed E-state index contributed by atoms with van der Waals surface area (Å²) in [5.74, 6) is -0.101. The van der Waals surface area contributed by atoms with Gasteiger partial charge in [-0.05, 0) is 26.0 Å². The molecule has 25 heavy (non-hydrogen) atoms. The predicted octanol–water partition coefficient (Wildman–Crippen LogP) is 2.54. The van der Waals surface area contributed by atoms with Crippen LogP contribution in [0.1, 0.15) is 24.8 Å². The highest BCUT2D eigenvalue weighted by molar-refractivity contribution is 6.30. The van der Waals surface area contributed by atoms with E-state index in [1.165, 1.54) is 6.20 Å². The molecule has 3 rings (SSSR count). The molecule has 1 spiro atoms. The zero-order chi connectivity index (χ0) is 18.2. The van der Waals surface area contributed by atoms with E-state index in [2.05, 4.69) is 15.2 Å². The van der Waals surface area contributed by atoms with E-state index in [1.54, 1.807) is 4.90 Å². The third-order valence-electron chi connectivity index (χ3n) is 5.17. The third-order valence-corrected chi connectivity index (χ3v) is 5.38. The molecule has 2 aliphatic heterocycles. The van der Waals surface area contributed by atoms with Crippen LogP contribution in [-0.2, 0) is 11.0 Å². The molecule has 0 aliphatic carbocycles. The van der Waals surface area contributed by atoms with Crippen LogP contribution >= 0.6 is 11.6 Å². The fourth-order valence-corrected chi connectivity index (χ4v) is 3.83. The number of alkyl halides is 3. The molecule has 2 aliphatic rings. The van der Waals surface area contributed by atoms with Gasteiger partial charge >= 0.3 is 6.18 Å². The molecule has 2 fully saturated rings. The standard InChI is InChI=1S/C16H20ClF3N4O/c1-23-6-7-24(10-15(23)3-2-13(25)21-5-4-15)14-12(16(18,19)20)8-11(17)9-22-14/h8-9H,2-7,10H2,1H3,(H,21,25). The van der Waals surface area contributed by atoms with E-state index in [0.29, 0.717) is 45.4 Å². The number of rotatable bonds is 1. The van der Waals surface area contributed by atoms with E-state index >= 15 is 0 Å². The number of hydrogen-bond acceptors (Lipinski definition) is 4. The van der Waals surface area contributed by atoms with E-state index in [9.17, 15) is 18.0 Å². The van der Waals surface area contributed by atoms with Crippen molar-refractivity contribution in [3.05, 3.63) is 22.8 Å². The van der Waals surface area contributed by atoms with Crippen molar-refractivity contribution in [2.75, 3.05) is 38.1 Å². The summed E-state index contributed by atoms with van der Waals surface area (Å²) in [6.07, 6.45) is -1.60. The molecule has 1 atom stereocenters. The minimum absolute atomic E-state index is 0.0111. The lowest BCUT2D eigenvalue weighted by molar-refractivity contribution is -0.137. The SMILES string of the molecule is CN1CCN(c2ncc(Cl)cc2C(F)(F)F)CC12CCNC(=O)CC2. The number of halogens is 4. The van der Waals surface area contributed by atoms with Gasteiger partial charge < -0.3 is 10.2 Å². The molecule has 138 valence electrons. The Morgan fingerprint density at radius 3 is 2.80 bits per heavy atom. The normalized spacial score (nSPS) is 25.8. The van der Waals surface area contributed by atoms with Gasteiger partial charge in [0, 0.05) is 44.3 Å². The molecule has 0 saturated carbocycles. The first-order valence-electron chi connectivity index (χ1n) is 8.17. The molecule has 9 heteroatoms. The quantitative estimate of drug-likeness (QED) is 0.818. The number of nitrogens with zero attached hydrogens (tertiary/aromatic N) is 3. The largest absolute Gasteiger partial charge is 0.420 e. The zero-order valence-electron chi connectivity index (χ0n) is 13.9. The van der Waals surface area contributed by atoms with Gasteiger partial charge in [-0.15, -0.1) is 0 Å². The molecular weight excluding hydrogens is 357 g/mol. The first kappa shape index (κ1) is 18.3. The molecule has 1 N–H and O–H groups in total. The Kier molecular flexibility index (Phi) is 4.85. The fourth-order valence-electron chi connectivity index (χ4n) is 3.67. The van der Waals surface area contributed by atoms with Gasteiger partial charge in [-0.25, -0.2) is 4.98 Å². The van der Waals surface area contributed by atoms with Gasteiger partial charge in [0.05, 0.1) is 10.6 Å². The fraction of sp³-hybridized carbons (Fsp3) is 0.625. The monoisotopic (exact) mass is 376 g/mol. The Balaban J connectivity index is 1.93. The molecular formula is C16H20ClF3N4O. The zero-order valence-corrected chi connectivity index (χ0v) is 14.6. The van der Waals surface area contributed by atoms with Crippen LogP contribution in [0.3, 0.4) is 0 Å². The molecule has 1 amide bonds. The highest BCUT2D eigenvalue weighted by Crippen LogP contribution is 2.39. The van der Waals surface area contributed by atoms with Crippen LogP contribution in [-0.4, -0.2) is 54.6 Å². The molecule has 3 heterocycles. The average molecular weight is 377 g/mol. The van der Waals surface area contributed by atoms with Crippen molar-refractivity contribution in [2.45, 2.75) is 31.0 Å². The number of anilines is 1. The molecule has 0 bridgehead atoms. The number of aromatic nitrogens is 1. The maximum Gasteiger partial charge on any atom is 0.420 e. The van der Waals surface area contributed by atoms with Gasteiger partial charge in [-0.2, -0.15) is 13.2 Å². The lowest BCUT2D eigenvalue weighted by atomic mass is 9.86. The van der Waals surface area contributed by atoms with Crippen LogP contribution in [0, 0.1) is 0 Å². The van der Waals surface area contributed by atoms with E-state index in [4.69, 9.17) is 11.6 Å². The van der Waals surface area contributed by atoms with Crippen molar-refractivity contribution < 1.29 is 18.0 Å². The molecule has 1 aromatic rings. The Labute approximate surface area is 149 Å². The van der Waals surface area contributed by atoms with Gasteiger partial charge in [0.15, 0.2) is 0 Å². The van der Waals surface area contributed by atoms with Crippen molar-refractivity contribution in [3.8, 4) is 0 Å². The van der Waals surface area contributed by atoms with E-state index < -0.39 is 11.7 Å². The maximum atomic E-state index is 13.4. The predicted molar refractivity (Wildman–Crippen MR) is 88.7 cm³/mol. The number of carbonyl (C=O) groups excluding carboxylic acids is 1. The van der Waals surface area contributed by atoms with Gasteiger partial charge in [-0.3, -0.25) is 9.69 Å². The molecule has 1 unspecified atom stereocenters. The van der Waals surface area contributed by atoms with Gasteiger partial charge in [0.2, 0.25) is 5.91 Å². The minimum atomic E-state index is -4.52. The smallest absolute Gasteiger partial charge is 0.356 e. The number of nitrogens with one attached hydrogen (secondary N) is 1. The summed E-state index contributed by atoms with van der Waals surface area (Å²) < 4.78 is 40.3. The maximum absolute atomic E-state index is 13.4. The van der Waals surface area contributed by atoms with Crippen LogP contribution in [0.5, 0.6) is 0 Å². The second kappa shape index (κ2) is 6.64. The lowest BCUT2D eigenvalue weighted by Gasteiger charge is -2.49. The molecule has 5 nitrogen and oxygen atoms in total. The number of amides is 1. The van der Waals surface area contributed by atoms with Crippen molar-refractivity contribution in [3.63, 3.8) is 0 Å². The minimum Gasteiger partial charge on any atom is -0.356 e. The van der Waals surface area contributed by atoms with E-state index in [-0.39, 0.29) is 22.3 Å². The van der Waals surface area contributed by atoms with Crippen LogP contribution in [0.15, 0.2) is 12.3 Å². The summed E-state index contributed by atoms with van der Waals surface area (Å²) in [7, 11) is 1.97. The van der Waals surface area contributed by atoms with Crippen LogP contribution in [0.25, 0.3) is 0 Å². The van der Waals surface area contributed by atoms with Crippen LogP contribution in [0.4, 0.5) is 19.0 Å². The molecule has 1 aromatic heterocycles. The van der Waals surface area contributed by atoms with Crippen molar-refractivity contribution in [2.24, 2.45) is 0 Å². The number of piperazine rings is 1. The second-order valence-corrected chi connectivity index (χ2v) is 7.13. The lowest BCUT2D eigenvalue weighted by Crippen LogP contribution is -2.61. The van der Waals surface area contributed by atoms with Crippen molar-refractivity contribution >= 4 is 23.3 Å². The topological polar surface area (TPSA) is 48.5 Å². The average Bonchev–Trinajstić information content (AvgIpc) is 2.72. The van der Waals surface area contributed by atoms with E-state index in [0.717, 1.165) is 6.07 Å². The summed E-state index contributed by atoms with van der Waals surface area (Å²) >= 11 is 5.73. The highest BCUT2D eigenvalue weighted by atomic mass is 35.5. The van der Waals surface area contributed by atoms with Gasteiger partial charge in [0.25, 0.3) is 0 Å². The number of carbonyl (C=O) groups is 1. The summed E-state index contributed by atoms with van der Waals surface area (Å²) in [6.45, 7) is 1.97. The molecule has 0 radical (unpaired) electrons. The summed E-state index contributed by atoms with van der Waals surface area (Å²) in [4.78, 5) is 19.5. The third kappa shape index (κ3) is 3.69. The van der Waals surface area contributed by atoms with Crippen molar-refractivity contribution in [1.29, 1.82) is 0 Å². The van der Waals surface area contributed by atoms with Crippen LogP contribution < -0.4 is 10.2 Å². The van der Waals surface area contributed by atoms with Crippen LogP contribution in [0.2, 0.25) is 5.02 Å². The first-order valence-corrected chi connectivity index (χ1v) is 8.55. The number of hydrogen-bond donors (Lipinski definition) is 1. The molecule has 2 saturated heterocycles. The summed E-state index contributed by atoms with van der Waals surface area (Å²) in [5, 5.41) is 2.80. The Morgan fingerprint density at radius 1 is 1.32 bits per heavy atom. The number of pyridine rings is 1. The first-order chi connectivity index (χ1) is 11.7. The van der Waals surface area contributed by atoms with Crippen molar-refractivity contribution in [1.82, 2.24) is 15.2 Å². The van der Waals surface area contributed by atoms with Gasteiger partial charge in [0.1, 0.15) is 5.82 Å². The Hall–Kier alpha value is -1.54. The summed E-state index contributed by atoms with van der Waals surface area (Å²) in [6, 6.07) is 0.924. The van der Waals surface area contributed by atoms with E-state index in [1.807, 2.05) is 7.05 Å². The molecule has 0 aromatic carbocycles.